The van der Waals surface area contributed by atoms with Gasteiger partial charge >= 0.3 is 12.0 Å². The molecule has 1 unspecified atom stereocenters. The predicted octanol–water partition coefficient (Wildman–Crippen LogP) is 2.66. The smallest absolute Gasteiger partial charge is 0.340 e. The maximum atomic E-state index is 12.9. The van der Waals surface area contributed by atoms with Crippen molar-refractivity contribution >= 4 is 17.7 Å². The van der Waals surface area contributed by atoms with E-state index in [0.717, 1.165) is 0 Å². The first-order valence-electron chi connectivity index (χ1n) is 9.87. The largest absolute Gasteiger partial charge is 0.508 e. The highest BCUT2D eigenvalue weighted by atomic mass is 16.6. The number of carbonyl (C=O) groups is 2. The average molecular weight is 433 g/mol. The number of primary amides is 1. The molecular weight excluding hydrogens is 414 g/mol. The van der Waals surface area contributed by atoms with Crippen LogP contribution in [0.15, 0.2) is 48.5 Å². The minimum Gasteiger partial charge on any atom is -0.508 e. The fraction of sp³-hybridized carbons (Fsp3) is 0.130. The molecule has 3 aromatic rings. The highest BCUT2D eigenvalue weighted by Crippen LogP contribution is 2.60. The van der Waals surface area contributed by atoms with Gasteiger partial charge in [-0.25, -0.2) is 9.59 Å². The zero-order valence-electron chi connectivity index (χ0n) is 16.7. The first-order valence-corrected chi connectivity index (χ1v) is 9.87. The molecule has 32 heavy (non-hydrogen) atoms. The first-order chi connectivity index (χ1) is 15.4. The Morgan fingerprint density at radius 3 is 2.59 bits per heavy atom. The lowest BCUT2D eigenvalue weighted by molar-refractivity contribution is 0.0226. The van der Waals surface area contributed by atoms with E-state index in [1.165, 1.54) is 18.2 Å². The number of benzene rings is 3. The lowest BCUT2D eigenvalue weighted by Gasteiger charge is -2.38. The highest BCUT2D eigenvalue weighted by molar-refractivity contribution is 5.99. The number of nitrogens with one attached hydrogen (secondary N) is 1. The molecule has 2 aliphatic heterocycles. The van der Waals surface area contributed by atoms with Gasteiger partial charge in [0.05, 0.1) is 16.8 Å². The van der Waals surface area contributed by atoms with Crippen LogP contribution in [0.3, 0.4) is 0 Å². The Balaban J connectivity index is 1.94. The van der Waals surface area contributed by atoms with E-state index in [-0.39, 0.29) is 41.7 Å². The minimum absolute atomic E-state index is 0.0561. The Labute approximate surface area is 182 Å². The number of ether oxygens (including phenoxy) is 2. The quantitative estimate of drug-likeness (QED) is 0.397. The molecule has 0 bridgehead atoms. The van der Waals surface area contributed by atoms with Crippen LogP contribution in [-0.4, -0.2) is 28.8 Å². The molecule has 0 saturated heterocycles. The van der Waals surface area contributed by atoms with Gasteiger partial charge in [-0.05, 0) is 31.2 Å². The number of hydrogen-bond acceptors (Lipinski definition) is 7. The van der Waals surface area contributed by atoms with E-state index in [4.69, 9.17) is 20.9 Å². The first kappa shape index (κ1) is 19.7. The topological polar surface area (TPSA) is 157 Å². The molecule has 1 atom stereocenters. The van der Waals surface area contributed by atoms with Crippen LogP contribution in [0.4, 0.5) is 10.5 Å². The van der Waals surface area contributed by atoms with Gasteiger partial charge in [0.25, 0.3) is 0 Å². The summed E-state index contributed by atoms with van der Waals surface area (Å²) in [5.41, 5.74) is 11.8. The van der Waals surface area contributed by atoms with Crippen LogP contribution in [0.5, 0.6) is 23.0 Å². The summed E-state index contributed by atoms with van der Waals surface area (Å²) >= 11 is 0. The SMILES string of the molecule is NCCc1c(O)cc2c(c1NC(N)=O)C1(OC(=O)c3ccccc31)c1ccc(O)cc1O2. The number of phenolic OH excluding ortho intramolecular Hbond substituents is 2. The van der Waals surface area contributed by atoms with Crippen LogP contribution in [0.1, 0.15) is 32.6 Å². The molecule has 0 fully saturated rings. The van der Waals surface area contributed by atoms with E-state index >= 15 is 0 Å². The van der Waals surface area contributed by atoms with Gasteiger partial charge in [0, 0.05) is 28.8 Å². The number of carbonyl (C=O) groups excluding carboxylic acids is 2. The maximum Gasteiger partial charge on any atom is 0.340 e. The van der Waals surface area contributed by atoms with Crippen molar-refractivity contribution < 1.29 is 29.3 Å². The van der Waals surface area contributed by atoms with Gasteiger partial charge in [-0.1, -0.05) is 18.2 Å². The summed E-state index contributed by atoms with van der Waals surface area (Å²) < 4.78 is 12.0. The number of amides is 2. The monoisotopic (exact) mass is 433 g/mol. The van der Waals surface area contributed by atoms with Crippen LogP contribution < -0.4 is 21.5 Å². The zero-order valence-corrected chi connectivity index (χ0v) is 16.7. The molecule has 0 saturated carbocycles. The third-order valence-corrected chi connectivity index (χ3v) is 5.71. The second-order valence-corrected chi connectivity index (χ2v) is 7.55. The Hall–Kier alpha value is -4.24. The van der Waals surface area contributed by atoms with E-state index in [1.807, 2.05) is 0 Å². The zero-order chi connectivity index (χ0) is 22.6. The second-order valence-electron chi connectivity index (χ2n) is 7.55. The number of urea groups is 1. The third kappa shape index (κ3) is 2.61. The number of aromatic hydroxyl groups is 2. The highest BCUT2D eigenvalue weighted by Gasteiger charge is 2.55. The lowest BCUT2D eigenvalue weighted by atomic mass is 9.76. The summed E-state index contributed by atoms with van der Waals surface area (Å²) in [6.45, 7) is 0.175. The molecule has 2 heterocycles. The fourth-order valence-electron chi connectivity index (χ4n) is 4.52. The molecule has 7 N–H and O–H groups in total. The van der Waals surface area contributed by atoms with Crippen molar-refractivity contribution in [2.24, 2.45) is 11.5 Å². The summed E-state index contributed by atoms with van der Waals surface area (Å²) in [5.74, 6) is -0.424. The van der Waals surface area contributed by atoms with Crippen molar-refractivity contribution in [1.29, 1.82) is 0 Å². The van der Waals surface area contributed by atoms with Crippen molar-refractivity contribution in [1.82, 2.24) is 0 Å². The summed E-state index contributed by atoms with van der Waals surface area (Å²) in [5, 5.41) is 23.3. The van der Waals surface area contributed by atoms with Crippen molar-refractivity contribution in [2.75, 3.05) is 11.9 Å². The summed E-state index contributed by atoms with van der Waals surface area (Å²) in [4.78, 5) is 24.9. The van der Waals surface area contributed by atoms with E-state index in [2.05, 4.69) is 5.32 Å². The third-order valence-electron chi connectivity index (χ3n) is 5.71. The molecule has 9 nitrogen and oxygen atoms in total. The van der Waals surface area contributed by atoms with Gasteiger partial charge in [-0.2, -0.15) is 0 Å². The number of rotatable bonds is 3. The van der Waals surface area contributed by atoms with Crippen LogP contribution in [-0.2, 0) is 16.8 Å². The van der Waals surface area contributed by atoms with Gasteiger partial charge in [0.1, 0.15) is 23.0 Å². The van der Waals surface area contributed by atoms with Crippen molar-refractivity contribution in [2.45, 2.75) is 12.0 Å². The minimum atomic E-state index is -1.51. The number of hydrogen-bond donors (Lipinski definition) is 5. The van der Waals surface area contributed by atoms with Crippen molar-refractivity contribution in [3.63, 3.8) is 0 Å². The average Bonchev–Trinajstić information content (AvgIpc) is 3.03. The van der Waals surface area contributed by atoms with Crippen LogP contribution in [0, 0.1) is 0 Å². The number of phenols is 2. The molecule has 0 aromatic heterocycles. The molecule has 3 aromatic carbocycles. The number of fused-ring (bicyclic) bond motifs is 6. The normalized spacial score (nSPS) is 17.7. The Bertz CT molecular complexity index is 1310. The molecule has 162 valence electrons. The summed E-state index contributed by atoms with van der Waals surface area (Å²) in [6.07, 6.45) is 0.211. The Morgan fingerprint density at radius 1 is 1.06 bits per heavy atom. The molecule has 5 rings (SSSR count). The molecule has 9 heteroatoms. The molecule has 1 spiro atoms. The second kappa shape index (κ2) is 6.89. The van der Waals surface area contributed by atoms with Gasteiger partial charge in [-0.3, -0.25) is 0 Å². The van der Waals surface area contributed by atoms with Gasteiger partial charge in [0.15, 0.2) is 5.60 Å². The molecule has 2 aliphatic rings. The molecule has 2 amide bonds. The standard InChI is InChI=1S/C23H19N3O6/c24-8-7-13-16(28)10-18-19(20(13)26-22(25)30)23(15-6-5-11(27)9-17(15)31-18)14-4-2-1-3-12(14)21(29)32-23/h1-6,9-10,27-28H,7-8,24H2,(H3,25,26,30). The van der Waals surface area contributed by atoms with E-state index in [9.17, 15) is 19.8 Å². The predicted molar refractivity (Wildman–Crippen MR) is 114 cm³/mol. The Kier molecular flexibility index (Phi) is 4.24. The summed E-state index contributed by atoms with van der Waals surface area (Å²) in [7, 11) is 0. The van der Waals surface area contributed by atoms with Gasteiger partial charge in [-0.15, -0.1) is 0 Å². The van der Waals surface area contributed by atoms with Crippen LogP contribution >= 0.6 is 0 Å². The molecule has 0 radical (unpaired) electrons. The number of anilines is 1. The number of nitrogens with two attached hydrogens (primary N) is 2. The van der Waals surface area contributed by atoms with Crippen molar-refractivity contribution in [3.05, 3.63) is 76.3 Å². The molecule has 0 aliphatic carbocycles. The lowest BCUT2D eigenvalue weighted by Crippen LogP contribution is -2.35. The Morgan fingerprint density at radius 2 is 1.84 bits per heavy atom. The van der Waals surface area contributed by atoms with Gasteiger partial charge in [0.2, 0.25) is 0 Å². The summed E-state index contributed by atoms with van der Waals surface area (Å²) in [6, 6.07) is 11.8. The van der Waals surface area contributed by atoms with Crippen LogP contribution in [0.25, 0.3) is 0 Å². The molecular formula is C23H19N3O6. The maximum absolute atomic E-state index is 12.9. The van der Waals surface area contributed by atoms with Crippen LogP contribution in [0.2, 0.25) is 0 Å². The fourth-order valence-corrected chi connectivity index (χ4v) is 4.52. The van der Waals surface area contributed by atoms with E-state index in [0.29, 0.717) is 27.8 Å². The number of esters is 1. The van der Waals surface area contributed by atoms with E-state index < -0.39 is 17.6 Å². The van der Waals surface area contributed by atoms with Gasteiger partial charge < -0.3 is 36.5 Å². The van der Waals surface area contributed by atoms with Crippen molar-refractivity contribution in [3.8, 4) is 23.0 Å². The van der Waals surface area contributed by atoms with E-state index in [1.54, 1.807) is 30.3 Å².